The Labute approximate surface area is 163 Å². The standard InChI is InChI=1S/C20H15FN6S/c1-12(20-26-25-17-4-2-3-9-27(17)20)24-19-18-15(22-11-23-19)10-16(28-18)13-5-7-14(21)8-6-13/h2-12H,1H3,(H,22,23,24). The van der Waals surface area contributed by atoms with Crippen LogP contribution in [0.25, 0.3) is 26.3 Å². The Morgan fingerprint density at radius 3 is 2.79 bits per heavy atom. The molecule has 0 fully saturated rings. The number of anilines is 1. The second kappa shape index (κ2) is 6.65. The quantitative estimate of drug-likeness (QED) is 0.481. The lowest BCUT2D eigenvalue weighted by atomic mass is 10.2. The van der Waals surface area contributed by atoms with Gasteiger partial charge < -0.3 is 5.32 Å². The first-order valence-corrected chi connectivity index (χ1v) is 9.57. The lowest BCUT2D eigenvalue weighted by Crippen LogP contribution is -2.11. The molecule has 1 unspecified atom stereocenters. The van der Waals surface area contributed by atoms with E-state index in [1.165, 1.54) is 12.1 Å². The van der Waals surface area contributed by atoms with Crippen LogP contribution in [0.4, 0.5) is 10.2 Å². The Morgan fingerprint density at radius 2 is 1.93 bits per heavy atom. The van der Waals surface area contributed by atoms with Crippen molar-refractivity contribution >= 4 is 33.0 Å². The van der Waals surface area contributed by atoms with E-state index in [0.717, 1.165) is 37.9 Å². The first-order valence-electron chi connectivity index (χ1n) is 8.76. The molecule has 28 heavy (non-hydrogen) atoms. The van der Waals surface area contributed by atoms with Crippen LogP contribution in [0.1, 0.15) is 18.8 Å². The highest BCUT2D eigenvalue weighted by atomic mass is 32.1. The van der Waals surface area contributed by atoms with Gasteiger partial charge in [-0.1, -0.05) is 18.2 Å². The predicted octanol–water partition coefficient (Wildman–Crippen LogP) is 4.71. The fourth-order valence-electron chi connectivity index (χ4n) is 3.14. The van der Waals surface area contributed by atoms with Gasteiger partial charge in [-0.15, -0.1) is 21.5 Å². The van der Waals surface area contributed by atoms with E-state index in [4.69, 9.17) is 0 Å². The SMILES string of the molecule is CC(Nc1ncnc2cc(-c3ccc(F)cc3)sc12)c1nnc2ccccn12. The lowest BCUT2D eigenvalue weighted by Gasteiger charge is -2.13. The maximum atomic E-state index is 13.2. The van der Waals surface area contributed by atoms with Crippen LogP contribution in [0.15, 0.2) is 61.1 Å². The molecular formula is C20H15FN6S. The number of benzene rings is 1. The van der Waals surface area contributed by atoms with Gasteiger partial charge >= 0.3 is 0 Å². The highest BCUT2D eigenvalue weighted by Gasteiger charge is 2.17. The Kier molecular flexibility index (Phi) is 3.98. The van der Waals surface area contributed by atoms with E-state index in [1.54, 1.807) is 29.8 Å². The van der Waals surface area contributed by atoms with Gasteiger partial charge in [-0.3, -0.25) is 4.40 Å². The molecule has 138 valence electrons. The molecule has 5 rings (SSSR count). The molecule has 0 aliphatic heterocycles. The molecule has 0 bridgehead atoms. The van der Waals surface area contributed by atoms with Crippen LogP contribution >= 0.6 is 11.3 Å². The van der Waals surface area contributed by atoms with Crippen molar-refractivity contribution in [2.45, 2.75) is 13.0 Å². The van der Waals surface area contributed by atoms with Gasteiger partial charge in [-0.25, -0.2) is 14.4 Å². The number of aromatic nitrogens is 5. The smallest absolute Gasteiger partial charge is 0.160 e. The minimum Gasteiger partial charge on any atom is -0.359 e. The fraction of sp³-hybridized carbons (Fsp3) is 0.100. The second-order valence-corrected chi connectivity index (χ2v) is 7.46. The highest BCUT2D eigenvalue weighted by molar-refractivity contribution is 7.22. The van der Waals surface area contributed by atoms with Crippen LogP contribution in [0.3, 0.4) is 0 Å². The zero-order valence-corrected chi connectivity index (χ0v) is 15.7. The second-order valence-electron chi connectivity index (χ2n) is 6.41. The van der Waals surface area contributed by atoms with Gasteiger partial charge in [-0.2, -0.15) is 0 Å². The molecule has 8 heteroatoms. The topological polar surface area (TPSA) is 68.0 Å². The van der Waals surface area contributed by atoms with E-state index in [2.05, 4.69) is 25.5 Å². The molecule has 1 N–H and O–H groups in total. The summed E-state index contributed by atoms with van der Waals surface area (Å²) in [5.74, 6) is 1.29. The summed E-state index contributed by atoms with van der Waals surface area (Å²) in [6, 6.07) is 14.2. The zero-order valence-electron chi connectivity index (χ0n) is 14.9. The molecule has 0 saturated heterocycles. The minimum absolute atomic E-state index is 0.105. The van der Waals surface area contributed by atoms with Crippen molar-refractivity contribution in [3.8, 4) is 10.4 Å². The van der Waals surface area contributed by atoms with Gasteiger partial charge in [0.2, 0.25) is 0 Å². The van der Waals surface area contributed by atoms with Crippen LogP contribution in [-0.4, -0.2) is 24.6 Å². The third-order valence-electron chi connectivity index (χ3n) is 4.52. The third-order valence-corrected chi connectivity index (χ3v) is 5.70. The molecule has 6 nitrogen and oxygen atoms in total. The fourth-order valence-corrected chi connectivity index (χ4v) is 4.21. The number of nitrogens with zero attached hydrogens (tertiary/aromatic N) is 5. The largest absolute Gasteiger partial charge is 0.359 e. The van der Waals surface area contributed by atoms with Gasteiger partial charge in [-0.05, 0) is 42.8 Å². The molecule has 0 aliphatic rings. The number of nitrogens with one attached hydrogen (secondary N) is 1. The van der Waals surface area contributed by atoms with Crippen molar-refractivity contribution < 1.29 is 4.39 Å². The van der Waals surface area contributed by atoms with E-state index < -0.39 is 0 Å². The van der Waals surface area contributed by atoms with Crippen molar-refractivity contribution in [1.29, 1.82) is 0 Å². The predicted molar refractivity (Wildman–Crippen MR) is 108 cm³/mol. The zero-order chi connectivity index (χ0) is 19.1. The van der Waals surface area contributed by atoms with Crippen molar-refractivity contribution in [2.24, 2.45) is 0 Å². The molecule has 4 heterocycles. The Hall–Kier alpha value is -3.39. The molecule has 0 amide bonds. The number of thiophene rings is 1. The summed E-state index contributed by atoms with van der Waals surface area (Å²) in [6.07, 6.45) is 3.48. The van der Waals surface area contributed by atoms with Gasteiger partial charge in [0.25, 0.3) is 0 Å². The Balaban J connectivity index is 1.51. The normalized spacial score (nSPS) is 12.5. The number of fused-ring (bicyclic) bond motifs is 2. The van der Waals surface area contributed by atoms with E-state index in [9.17, 15) is 4.39 Å². The molecule has 4 aromatic heterocycles. The summed E-state index contributed by atoms with van der Waals surface area (Å²) in [4.78, 5) is 9.82. The van der Waals surface area contributed by atoms with Crippen LogP contribution < -0.4 is 5.32 Å². The monoisotopic (exact) mass is 390 g/mol. The first kappa shape index (κ1) is 16.8. The minimum atomic E-state index is -0.249. The maximum Gasteiger partial charge on any atom is 0.160 e. The van der Waals surface area contributed by atoms with Gasteiger partial charge in [0.15, 0.2) is 11.5 Å². The van der Waals surface area contributed by atoms with E-state index in [1.807, 2.05) is 41.8 Å². The molecule has 0 radical (unpaired) electrons. The maximum absolute atomic E-state index is 13.2. The van der Waals surface area contributed by atoms with Crippen LogP contribution in [0.2, 0.25) is 0 Å². The van der Waals surface area contributed by atoms with Gasteiger partial charge in [0.1, 0.15) is 18.0 Å². The molecular weight excluding hydrogens is 375 g/mol. The summed E-state index contributed by atoms with van der Waals surface area (Å²) in [5.41, 5.74) is 2.60. The van der Waals surface area contributed by atoms with Crippen molar-refractivity contribution in [3.05, 3.63) is 72.7 Å². The summed E-state index contributed by atoms with van der Waals surface area (Å²) in [6.45, 7) is 2.02. The molecule has 5 aromatic rings. The average Bonchev–Trinajstić information content (AvgIpc) is 3.33. The van der Waals surface area contributed by atoms with Crippen LogP contribution in [0, 0.1) is 5.82 Å². The summed E-state index contributed by atoms with van der Waals surface area (Å²) < 4.78 is 16.1. The molecule has 0 spiro atoms. The summed E-state index contributed by atoms with van der Waals surface area (Å²) >= 11 is 1.57. The van der Waals surface area contributed by atoms with E-state index >= 15 is 0 Å². The van der Waals surface area contributed by atoms with E-state index in [-0.39, 0.29) is 11.9 Å². The Bertz CT molecular complexity index is 1280. The van der Waals surface area contributed by atoms with Crippen LogP contribution in [0.5, 0.6) is 0 Å². The van der Waals surface area contributed by atoms with Gasteiger partial charge in [0, 0.05) is 11.1 Å². The summed E-state index contributed by atoms with van der Waals surface area (Å²) in [5, 5.41) is 11.9. The van der Waals surface area contributed by atoms with Crippen molar-refractivity contribution in [3.63, 3.8) is 0 Å². The first-order chi connectivity index (χ1) is 13.7. The number of rotatable bonds is 4. The molecule has 0 aliphatic carbocycles. The Morgan fingerprint density at radius 1 is 1.07 bits per heavy atom. The lowest BCUT2D eigenvalue weighted by molar-refractivity contribution is 0.628. The van der Waals surface area contributed by atoms with Crippen molar-refractivity contribution in [1.82, 2.24) is 24.6 Å². The number of hydrogen-bond donors (Lipinski definition) is 1. The molecule has 1 atom stereocenters. The number of hydrogen-bond acceptors (Lipinski definition) is 6. The highest BCUT2D eigenvalue weighted by Crippen LogP contribution is 2.36. The summed E-state index contributed by atoms with van der Waals surface area (Å²) in [7, 11) is 0. The van der Waals surface area contributed by atoms with Gasteiger partial charge in [0.05, 0.1) is 16.3 Å². The molecule has 1 aromatic carbocycles. The number of halogens is 1. The number of pyridine rings is 1. The molecule has 0 saturated carbocycles. The van der Waals surface area contributed by atoms with E-state index in [0.29, 0.717) is 0 Å². The van der Waals surface area contributed by atoms with Crippen molar-refractivity contribution in [2.75, 3.05) is 5.32 Å². The van der Waals surface area contributed by atoms with Crippen LogP contribution in [-0.2, 0) is 0 Å². The third kappa shape index (κ3) is 2.87. The average molecular weight is 390 g/mol.